The molecule has 1 aliphatic carbocycles. The number of rotatable bonds is 7. The van der Waals surface area contributed by atoms with E-state index in [1.165, 1.54) is 19.2 Å². The minimum absolute atomic E-state index is 0.109. The van der Waals surface area contributed by atoms with Gasteiger partial charge in [0, 0.05) is 23.9 Å². The summed E-state index contributed by atoms with van der Waals surface area (Å²) in [5.41, 5.74) is 3.42. The van der Waals surface area contributed by atoms with E-state index in [-0.39, 0.29) is 11.9 Å². The van der Waals surface area contributed by atoms with Crippen LogP contribution in [0, 0.1) is 5.92 Å². The van der Waals surface area contributed by atoms with E-state index < -0.39 is 0 Å². The van der Waals surface area contributed by atoms with E-state index in [2.05, 4.69) is 25.6 Å². The van der Waals surface area contributed by atoms with Gasteiger partial charge in [0.15, 0.2) is 0 Å². The van der Waals surface area contributed by atoms with Crippen molar-refractivity contribution < 1.29 is 14.3 Å². The summed E-state index contributed by atoms with van der Waals surface area (Å²) in [7, 11) is 1.64. The largest absolute Gasteiger partial charge is 0.497 e. The lowest BCUT2D eigenvalue weighted by Crippen LogP contribution is -2.42. The number of piperidine rings is 1. The molecule has 0 radical (unpaired) electrons. The number of fused-ring (bicyclic) bond motifs is 1. The average molecular weight is 422 g/mol. The fourth-order valence-corrected chi connectivity index (χ4v) is 3.98. The molecular weight excluding hydrogens is 394 g/mol. The van der Waals surface area contributed by atoms with Crippen molar-refractivity contribution in [3.05, 3.63) is 36.3 Å². The van der Waals surface area contributed by atoms with Crippen molar-refractivity contribution in [2.75, 3.05) is 26.8 Å². The van der Waals surface area contributed by atoms with Crippen LogP contribution in [-0.4, -0.2) is 53.7 Å². The van der Waals surface area contributed by atoms with Gasteiger partial charge in [0.25, 0.3) is 5.91 Å². The number of aromatic nitrogens is 3. The summed E-state index contributed by atoms with van der Waals surface area (Å²) in [5.74, 6) is 1.97. The SMILES string of the molecule is COc1ccc(-c2ncnc3c(C(=O)NC4CCNCC4)c[nH]c23)c(OCC2CC2)c1. The second-order valence-corrected chi connectivity index (χ2v) is 8.26. The molecule has 3 heterocycles. The number of hydrogen-bond donors (Lipinski definition) is 3. The van der Waals surface area contributed by atoms with Crippen LogP contribution in [0.15, 0.2) is 30.7 Å². The number of aromatic amines is 1. The molecule has 1 aromatic carbocycles. The standard InChI is InChI=1S/C23H27N5O3/c1-30-16-4-5-17(19(10-16)31-12-14-2-3-14)20-22-21(27-13-26-20)18(11-25-22)23(29)28-15-6-8-24-9-7-15/h4-5,10-11,13-15,24-25H,2-3,6-9,12H2,1H3,(H,28,29). The predicted molar refractivity (Wildman–Crippen MR) is 117 cm³/mol. The zero-order valence-electron chi connectivity index (χ0n) is 17.6. The molecule has 8 heteroatoms. The molecule has 8 nitrogen and oxygen atoms in total. The van der Waals surface area contributed by atoms with E-state index in [1.807, 2.05) is 18.2 Å². The number of nitrogens with one attached hydrogen (secondary N) is 3. The van der Waals surface area contributed by atoms with Crippen LogP contribution in [0.2, 0.25) is 0 Å². The number of benzene rings is 1. The number of hydrogen-bond acceptors (Lipinski definition) is 6. The van der Waals surface area contributed by atoms with Gasteiger partial charge in [0.2, 0.25) is 0 Å². The normalized spacial score (nSPS) is 16.9. The average Bonchev–Trinajstić information content (AvgIpc) is 3.54. The Hall–Kier alpha value is -3.13. The highest BCUT2D eigenvalue weighted by molar-refractivity contribution is 6.07. The van der Waals surface area contributed by atoms with Crippen molar-refractivity contribution in [2.24, 2.45) is 5.92 Å². The predicted octanol–water partition coefficient (Wildman–Crippen LogP) is 2.90. The first-order valence-electron chi connectivity index (χ1n) is 10.9. The Morgan fingerprint density at radius 2 is 2.03 bits per heavy atom. The highest BCUT2D eigenvalue weighted by Gasteiger charge is 2.24. The van der Waals surface area contributed by atoms with Crippen LogP contribution in [0.3, 0.4) is 0 Å². The number of methoxy groups -OCH3 is 1. The van der Waals surface area contributed by atoms with Gasteiger partial charge >= 0.3 is 0 Å². The minimum atomic E-state index is -0.109. The van der Waals surface area contributed by atoms with Gasteiger partial charge in [-0.05, 0) is 56.8 Å². The molecule has 3 N–H and O–H groups in total. The molecule has 0 spiro atoms. The van der Waals surface area contributed by atoms with Crippen molar-refractivity contribution in [2.45, 2.75) is 31.7 Å². The summed E-state index contributed by atoms with van der Waals surface area (Å²) in [6, 6.07) is 5.91. The second kappa shape index (κ2) is 8.55. The maximum absolute atomic E-state index is 12.9. The van der Waals surface area contributed by atoms with Gasteiger partial charge in [-0.1, -0.05) is 0 Å². The van der Waals surface area contributed by atoms with Crippen molar-refractivity contribution in [1.29, 1.82) is 0 Å². The summed E-state index contributed by atoms with van der Waals surface area (Å²) < 4.78 is 11.5. The molecule has 2 fully saturated rings. The number of ether oxygens (including phenoxy) is 2. The molecule has 1 saturated heterocycles. The highest BCUT2D eigenvalue weighted by Crippen LogP contribution is 2.37. The van der Waals surface area contributed by atoms with Gasteiger partial charge in [-0.25, -0.2) is 9.97 Å². The number of carbonyl (C=O) groups is 1. The molecule has 3 aromatic rings. The van der Waals surface area contributed by atoms with Gasteiger partial charge in [-0.3, -0.25) is 4.79 Å². The molecule has 162 valence electrons. The first-order valence-corrected chi connectivity index (χ1v) is 10.9. The summed E-state index contributed by atoms with van der Waals surface area (Å²) in [4.78, 5) is 25.1. The van der Waals surface area contributed by atoms with E-state index in [1.54, 1.807) is 13.3 Å². The summed E-state index contributed by atoms with van der Waals surface area (Å²) in [6.07, 6.45) is 7.51. The molecule has 1 saturated carbocycles. The zero-order chi connectivity index (χ0) is 21.2. The fourth-order valence-electron chi connectivity index (χ4n) is 3.98. The van der Waals surface area contributed by atoms with Crippen LogP contribution >= 0.6 is 0 Å². The Balaban J connectivity index is 1.47. The molecule has 31 heavy (non-hydrogen) atoms. The van der Waals surface area contributed by atoms with Gasteiger partial charge < -0.3 is 25.1 Å². The quantitative estimate of drug-likeness (QED) is 0.542. The van der Waals surface area contributed by atoms with Crippen LogP contribution in [0.4, 0.5) is 0 Å². The molecule has 0 unspecified atom stereocenters. The summed E-state index contributed by atoms with van der Waals surface area (Å²) in [6.45, 7) is 2.53. The van der Waals surface area contributed by atoms with Crippen molar-refractivity contribution in [1.82, 2.24) is 25.6 Å². The lowest BCUT2D eigenvalue weighted by molar-refractivity contribution is 0.0931. The van der Waals surface area contributed by atoms with Gasteiger partial charge in [0.1, 0.15) is 29.0 Å². The maximum Gasteiger partial charge on any atom is 0.255 e. The molecule has 2 aromatic heterocycles. The topological polar surface area (TPSA) is 101 Å². The van der Waals surface area contributed by atoms with E-state index in [0.29, 0.717) is 29.3 Å². The van der Waals surface area contributed by atoms with E-state index in [4.69, 9.17) is 9.47 Å². The molecule has 1 aliphatic heterocycles. The Kier molecular flexibility index (Phi) is 5.46. The fraction of sp³-hybridized carbons (Fsp3) is 0.435. The third kappa shape index (κ3) is 4.20. The molecule has 0 atom stereocenters. The molecule has 1 amide bonds. The molecule has 5 rings (SSSR count). The Labute approximate surface area is 180 Å². The van der Waals surface area contributed by atoms with Crippen molar-refractivity contribution in [3.8, 4) is 22.8 Å². The Bertz CT molecular complexity index is 1090. The first kappa shape index (κ1) is 19.8. The van der Waals surface area contributed by atoms with Crippen molar-refractivity contribution in [3.63, 3.8) is 0 Å². The van der Waals surface area contributed by atoms with Gasteiger partial charge in [-0.15, -0.1) is 0 Å². The van der Waals surface area contributed by atoms with Gasteiger partial charge in [-0.2, -0.15) is 0 Å². The second-order valence-electron chi connectivity index (χ2n) is 8.26. The number of nitrogens with zero attached hydrogens (tertiary/aromatic N) is 2. The lowest BCUT2D eigenvalue weighted by Gasteiger charge is -2.23. The van der Waals surface area contributed by atoms with E-state index >= 15 is 0 Å². The zero-order valence-corrected chi connectivity index (χ0v) is 17.6. The van der Waals surface area contributed by atoms with Crippen LogP contribution in [-0.2, 0) is 0 Å². The van der Waals surface area contributed by atoms with Crippen LogP contribution in [0.25, 0.3) is 22.3 Å². The third-order valence-corrected chi connectivity index (χ3v) is 6.00. The van der Waals surface area contributed by atoms with Gasteiger partial charge in [0.05, 0.1) is 24.8 Å². The summed E-state index contributed by atoms with van der Waals surface area (Å²) in [5, 5.41) is 6.45. The number of carbonyl (C=O) groups excluding carboxylic acids is 1. The third-order valence-electron chi connectivity index (χ3n) is 6.00. The molecule has 0 bridgehead atoms. The molecular formula is C23H27N5O3. The Morgan fingerprint density at radius 3 is 2.81 bits per heavy atom. The number of H-pyrrole nitrogens is 1. The highest BCUT2D eigenvalue weighted by atomic mass is 16.5. The van der Waals surface area contributed by atoms with Crippen LogP contribution < -0.4 is 20.1 Å². The first-order chi connectivity index (χ1) is 15.2. The maximum atomic E-state index is 12.9. The van der Waals surface area contributed by atoms with E-state index in [9.17, 15) is 4.79 Å². The smallest absolute Gasteiger partial charge is 0.255 e. The van der Waals surface area contributed by atoms with Crippen LogP contribution in [0.1, 0.15) is 36.0 Å². The molecule has 2 aliphatic rings. The van der Waals surface area contributed by atoms with E-state index in [0.717, 1.165) is 48.5 Å². The van der Waals surface area contributed by atoms with Crippen LogP contribution in [0.5, 0.6) is 11.5 Å². The van der Waals surface area contributed by atoms with Crippen molar-refractivity contribution >= 4 is 16.9 Å². The Morgan fingerprint density at radius 1 is 1.19 bits per heavy atom. The summed E-state index contributed by atoms with van der Waals surface area (Å²) >= 11 is 0. The number of amides is 1. The minimum Gasteiger partial charge on any atom is -0.497 e. The lowest BCUT2D eigenvalue weighted by atomic mass is 10.1. The monoisotopic (exact) mass is 421 g/mol.